The van der Waals surface area contributed by atoms with E-state index in [4.69, 9.17) is 5.73 Å². The van der Waals surface area contributed by atoms with Gasteiger partial charge in [0, 0.05) is 18.8 Å². The van der Waals surface area contributed by atoms with E-state index in [-0.39, 0.29) is 5.91 Å². The van der Waals surface area contributed by atoms with Crippen LogP contribution < -0.4 is 5.73 Å². The number of hydrogen-bond donors (Lipinski definition) is 1. The Morgan fingerprint density at radius 3 is 2.35 bits per heavy atom. The molecule has 0 heterocycles. The van der Waals surface area contributed by atoms with E-state index in [2.05, 4.69) is 13.8 Å². The molecule has 0 aliphatic rings. The molecule has 2 N–H and O–H groups in total. The van der Waals surface area contributed by atoms with E-state index in [0.717, 1.165) is 31.5 Å². The van der Waals surface area contributed by atoms with Crippen molar-refractivity contribution in [3.05, 3.63) is 29.3 Å². The molecular formula is C14H22N2O. The first-order valence-electron chi connectivity index (χ1n) is 6.25. The summed E-state index contributed by atoms with van der Waals surface area (Å²) in [5.74, 6) is 0.0508. The summed E-state index contributed by atoms with van der Waals surface area (Å²) in [4.78, 5) is 14.2. The van der Waals surface area contributed by atoms with Crippen LogP contribution in [0, 0.1) is 6.92 Å². The largest absolute Gasteiger partial charge is 0.398 e. The molecule has 0 aromatic heterocycles. The van der Waals surface area contributed by atoms with Gasteiger partial charge in [-0.1, -0.05) is 25.5 Å². The lowest BCUT2D eigenvalue weighted by atomic mass is 10.1. The number of hydrogen-bond acceptors (Lipinski definition) is 2. The van der Waals surface area contributed by atoms with Crippen molar-refractivity contribution < 1.29 is 4.79 Å². The van der Waals surface area contributed by atoms with Crippen LogP contribution in [0.1, 0.15) is 42.6 Å². The van der Waals surface area contributed by atoms with E-state index >= 15 is 0 Å². The van der Waals surface area contributed by atoms with Gasteiger partial charge >= 0.3 is 0 Å². The van der Waals surface area contributed by atoms with Crippen molar-refractivity contribution in [2.75, 3.05) is 18.8 Å². The number of aryl methyl sites for hydroxylation is 1. The Kier molecular flexibility index (Phi) is 5.01. The fourth-order valence-corrected chi connectivity index (χ4v) is 1.88. The molecule has 0 unspecified atom stereocenters. The lowest BCUT2D eigenvalue weighted by Crippen LogP contribution is -2.33. The Morgan fingerprint density at radius 2 is 1.82 bits per heavy atom. The van der Waals surface area contributed by atoms with Crippen molar-refractivity contribution in [3.63, 3.8) is 0 Å². The summed E-state index contributed by atoms with van der Waals surface area (Å²) in [7, 11) is 0. The van der Waals surface area contributed by atoms with Crippen molar-refractivity contribution >= 4 is 11.6 Å². The normalized spacial score (nSPS) is 10.3. The van der Waals surface area contributed by atoms with Gasteiger partial charge in [0.2, 0.25) is 0 Å². The fourth-order valence-electron chi connectivity index (χ4n) is 1.88. The monoisotopic (exact) mass is 234 g/mol. The molecule has 0 atom stereocenters. The smallest absolute Gasteiger partial charge is 0.255 e. The van der Waals surface area contributed by atoms with Gasteiger partial charge in [-0.15, -0.1) is 0 Å². The number of anilines is 1. The minimum Gasteiger partial charge on any atom is -0.398 e. The number of amides is 1. The molecule has 3 nitrogen and oxygen atoms in total. The Balaban J connectivity index is 2.95. The third-order valence-corrected chi connectivity index (χ3v) is 2.71. The van der Waals surface area contributed by atoms with Crippen LogP contribution in [0.4, 0.5) is 5.69 Å². The van der Waals surface area contributed by atoms with E-state index < -0.39 is 0 Å². The molecule has 0 fully saturated rings. The highest BCUT2D eigenvalue weighted by Crippen LogP contribution is 2.16. The molecule has 0 spiro atoms. The van der Waals surface area contributed by atoms with Crippen molar-refractivity contribution in [2.24, 2.45) is 0 Å². The predicted octanol–water partition coefficient (Wildman–Crippen LogP) is 2.84. The maximum atomic E-state index is 12.3. The summed E-state index contributed by atoms with van der Waals surface area (Å²) >= 11 is 0. The molecule has 0 saturated carbocycles. The topological polar surface area (TPSA) is 46.3 Å². The van der Waals surface area contributed by atoms with Crippen LogP contribution in [0.2, 0.25) is 0 Å². The molecule has 94 valence electrons. The van der Waals surface area contributed by atoms with Crippen LogP contribution >= 0.6 is 0 Å². The van der Waals surface area contributed by atoms with Gasteiger partial charge in [-0.2, -0.15) is 0 Å². The molecular weight excluding hydrogens is 212 g/mol. The number of carbonyl (C=O) groups is 1. The van der Waals surface area contributed by atoms with Crippen LogP contribution in [0.15, 0.2) is 18.2 Å². The molecule has 0 radical (unpaired) electrons. The molecule has 1 rings (SSSR count). The van der Waals surface area contributed by atoms with Gasteiger partial charge in [-0.3, -0.25) is 4.79 Å². The number of carbonyl (C=O) groups excluding carboxylic acids is 1. The van der Waals surface area contributed by atoms with E-state index in [0.29, 0.717) is 11.3 Å². The fraction of sp³-hybridized carbons (Fsp3) is 0.500. The Bertz CT molecular complexity index is 382. The molecule has 0 bridgehead atoms. The first-order chi connectivity index (χ1) is 8.10. The molecule has 0 saturated heterocycles. The SMILES string of the molecule is CCCN(CCC)C(=O)c1cc(C)ccc1N. The highest BCUT2D eigenvalue weighted by atomic mass is 16.2. The number of benzene rings is 1. The van der Waals surface area contributed by atoms with Crippen molar-refractivity contribution in [3.8, 4) is 0 Å². The van der Waals surface area contributed by atoms with Crippen LogP contribution in [0.25, 0.3) is 0 Å². The lowest BCUT2D eigenvalue weighted by Gasteiger charge is -2.22. The van der Waals surface area contributed by atoms with E-state index in [1.807, 2.05) is 24.0 Å². The highest BCUT2D eigenvalue weighted by Gasteiger charge is 2.16. The zero-order valence-electron chi connectivity index (χ0n) is 11.0. The molecule has 0 aliphatic carbocycles. The van der Waals surface area contributed by atoms with Crippen LogP contribution in [-0.4, -0.2) is 23.9 Å². The van der Waals surface area contributed by atoms with Crippen molar-refractivity contribution in [2.45, 2.75) is 33.6 Å². The number of nitrogens with zero attached hydrogens (tertiary/aromatic N) is 1. The number of rotatable bonds is 5. The molecule has 1 amide bonds. The molecule has 3 heteroatoms. The standard InChI is InChI=1S/C14H22N2O/c1-4-8-16(9-5-2)14(17)12-10-11(3)6-7-13(12)15/h6-7,10H,4-5,8-9,15H2,1-3H3. The second-order valence-electron chi connectivity index (χ2n) is 4.38. The lowest BCUT2D eigenvalue weighted by molar-refractivity contribution is 0.0756. The molecule has 1 aromatic carbocycles. The Labute approximate surface area is 104 Å². The quantitative estimate of drug-likeness (QED) is 0.796. The Morgan fingerprint density at radius 1 is 1.24 bits per heavy atom. The zero-order valence-corrected chi connectivity index (χ0v) is 11.0. The van der Waals surface area contributed by atoms with Gasteiger partial charge in [-0.05, 0) is 31.9 Å². The number of nitrogen functional groups attached to an aromatic ring is 1. The summed E-state index contributed by atoms with van der Waals surface area (Å²) in [6, 6.07) is 5.60. The average molecular weight is 234 g/mol. The van der Waals surface area contributed by atoms with Crippen LogP contribution in [0.5, 0.6) is 0 Å². The summed E-state index contributed by atoms with van der Waals surface area (Å²) in [6.07, 6.45) is 1.94. The second-order valence-corrected chi connectivity index (χ2v) is 4.38. The predicted molar refractivity (Wildman–Crippen MR) is 72.1 cm³/mol. The third-order valence-electron chi connectivity index (χ3n) is 2.71. The van der Waals surface area contributed by atoms with Gasteiger partial charge in [-0.25, -0.2) is 0 Å². The van der Waals surface area contributed by atoms with Gasteiger partial charge in [0.25, 0.3) is 5.91 Å². The summed E-state index contributed by atoms with van der Waals surface area (Å²) in [6.45, 7) is 7.71. The van der Waals surface area contributed by atoms with Gasteiger partial charge < -0.3 is 10.6 Å². The summed E-state index contributed by atoms with van der Waals surface area (Å²) in [5.41, 5.74) is 8.14. The maximum Gasteiger partial charge on any atom is 0.255 e. The average Bonchev–Trinajstić information content (AvgIpc) is 2.31. The first kappa shape index (κ1) is 13.6. The van der Waals surface area contributed by atoms with E-state index in [1.165, 1.54) is 0 Å². The number of nitrogens with two attached hydrogens (primary N) is 1. The highest BCUT2D eigenvalue weighted by molar-refractivity contribution is 5.99. The minimum atomic E-state index is 0.0508. The van der Waals surface area contributed by atoms with Gasteiger partial charge in [0.1, 0.15) is 0 Å². The third kappa shape index (κ3) is 3.48. The van der Waals surface area contributed by atoms with Crippen LogP contribution in [-0.2, 0) is 0 Å². The second kappa shape index (κ2) is 6.28. The first-order valence-corrected chi connectivity index (χ1v) is 6.25. The zero-order chi connectivity index (χ0) is 12.8. The molecule has 1 aromatic rings. The maximum absolute atomic E-state index is 12.3. The van der Waals surface area contributed by atoms with Crippen molar-refractivity contribution in [1.29, 1.82) is 0 Å². The summed E-state index contributed by atoms with van der Waals surface area (Å²) in [5, 5.41) is 0. The minimum absolute atomic E-state index is 0.0508. The van der Waals surface area contributed by atoms with Crippen molar-refractivity contribution in [1.82, 2.24) is 4.90 Å². The van der Waals surface area contributed by atoms with Gasteiger partial charge in [0.15, 0.2) is 0 Å². The Hall–Kier alpha value is -1.51. The van der Waals surface area contributed by atoms with E-state index in [9.17, 15) is 4.79 Å². The molecule has 0 aliphatic heterocycles. The van der Waals surface area contributed by atoms with E-state index in [1.54, 1.807) is 6.07 Å². The summed E-state index contributed by atoms with van der Waals surface area (Å²) < 4.78 is 0. The van der Waals surface area contributed by atoms with Gasteiger partial charge in [0.05, 0.1) is 5.56 Å². The van der Waals surface area contributed by atoms with Crippen LogP contribution in [0.3, 0.4) is 0 Å². The molecule has 17 heavy (non-hydrogen) atoms.